The molecule has 23 heavy (non-hydrogen) atoms. The van der Waals surface area contributed by atoms with E-state index in [1.807, 2.05) is 39.0 Å². The van der Waals surface area contributed by atoms with Gasteiger partial charge < -0.3 is 4.74 Å². The number of hydrogen-bond acceptors (Lipinski definition) is 6. The Bertz CT molecular complexity index is 673. The number of amides is 1. The van der Waals surface area contributed by atoms with Gasteiger partial charge in [0.25, 0.3) is 5.91 Å². The molecule has 1 heterocycles. The van der Waals surface area contributed by atoms with Crippen LogP contribution in [0.2, 0.25) is 0 Å². The minimum Gasteiger partial charge on any atom is -0.480 e. The van der Waals surface area contributed by atoms with Crippen molar-refractivity contribution in [2.75, 3.05) is 11.1 Å². The molecule has 0 aliphatic rings. The van der Waals surface area contributed by atoms with Gasteiger partial charge in [0.1, 0.15) is 5.75 Å². The molecule has 1 amide bonds. The smallest absolute Gasteiger partial charge is 0.267 e. The lowest BCUT2D eigenvalue weighted by Gasteiger charge is -2.18. The highest BCUT2D eigenvalue weighted by Gasteiger charge is 2.21. The number of anilines is 1. The van der Waals surface area contributed by atoms with Crippen LogP contribution in [0, 0.1) is 13.8 Å². The summed E-state index contributed by atoms with van der Waals surface area (Å²) in [5.74, 6) is 1.47. The van der Waals surface area contributed by atoms with Crippen molar-refractivity contribution in [2.24, 2.45) is 0 Å². The standard InChI is InChI=1S/C16H21N3O2S2/c1-5-12(21-13-9-7-8-10(3)11(13)4)14(20)17-15-18-19-16(23-15)22-6-2/h7-9,12H,5-6H2,1-4H3,(H,17,18,20)/t12-/m0/s1. The number of carbonyl (C=O) groups is 1. The fraction of sp³-hybridized carbons (Fsp3) is 0.438. The third-order valence-corrected chi connectivity index (χ3v) is 5.25. The molecule has 5 nitrogen and oxygen atoms in total. The Kier molecular flexibility index (Phi) is 6.41. The monoisotopic (exact) mass is 351 g/mol. The number of benzene rings is 1. The van der Waals surface area contributed by atoms with Crippen LogP contribution in [0.15, 0.2) is 22.5 Å². The van der Waals surface area contributed by atoms with E-state index in [9.17, 15) is 4.79 Å². The molecule has 2 rings (SSSR count). The number of rotatable bonds is 7. The minimum absolute atomic E-state index is 0.197. The molecule has 1 aromatic carbocycles. The Morgan fingerprint density at radius 1 is 1.35 bits per heavy atom. The van der Waals surface area contributed by atoms with E-state index in [-0.39, 0.29) is 5.91 Å². The molecule has 0 aliphatic heterocycles. The molecule has 0 unspecified atom stereocenters. The van der Waals surface area contributed by atoms with Crippen LogP contribution in [0.5, 0.6) is 5.75 Å². The number of thioether (sulfide) groups is 1. The van der Waals surface area contributed by atoms with Crippen LogP contribution in [0.4, 0.5) is 5.13 Å². The van der Waals surface area contributed by atoms with E-state index in [4.69, 9.17) is 4.74 Å². The lowest BCUT2D eigenvalue weighted by atomic mass is 10.1. The molecule has 7 heteroatoms. The summed E-state index contributed by atoms with van der Waals surface area (Å²) in [6.45, 7) is 8.00. The molecule has 0 fully saturated rings. The lowest BCUT2D eigenvalue weighted by Crippen LogP contribution is -2.32. The number of aromatic nitrogens is 2. The SMILES string of the molecule is CCSc1nnc(NC(=O)[C@H](CC)Oc2cccc(C)c2C)s1. The van der Waals surface area contributed by atoms with Crippen LogP contribution < -0.4 is 10.1 Å². The molecule has 2 aromatic rings. The Morgan fingerprint density at radius 3 is 2.83 bits per heavy atom. The average molecular weight is 351 g/mol. The van der Waals surface area contributed by atoms with E-state index in [0.717, 1.165) is 27.0 Å². The van der Waals surface area contributed by atoms with Gasteiger partial charge in [0.15, 0.2) is 10.4 Å². The molecule has 0 aliphatic carbocycles. The van der Waals surface area contributed by atoms with E-state index < -0.39 is 6.10 Å². The van der Waals surface area contributed by atoms with Crippen LogP contribution in [0.3, 0.4) is 0 Å². The number of aryl methyl sites for hydroxylation is 1. The van der Waals surface area contributed by atoms with Gasteiger partial charge in [-0.3, -0.25) is 10.1 Å². The van der Waals surface area contributed by atoms with Crippen LogP contribution in [-0.2, 0) is 4.79 Å². The van der Waals surface area contributed by atoms with Gasteiger partial charge in [-0.25, -0.2) is 0 Å². The number of hydrogen-bond donors (Lipinski definition) is 1. The quantitative estimate of drug-likeness (QED) is 0.602. The fourth-order valence-electron chi connectivity index (χ4n) is 1.96. The molecule has 0 saturated carbocycles. The normalized spacial score (nSPS) is 12.0. The second-order valence-electron chi connectivity index (χ2n) is 5.01. The van der Waals surface area contributed by atoms with Gasteiger partial charge >= 0.3 is 0 Å². The van der Waals surface area contributed by atoms with Crippen molar-refractivity contribution in [1.29, 1.82) is 0 Å². The maximum atomic E-state index is 12.4. The molecule has 0 radical (unpaired) electrons. The maximum Gasteiger partial charge on any atom is 0.267 e. The predicted molar refractivity (Wildman–Crippen MR) is 95.6 cm³/mol. The highest BCUT2D eigenvalue weighted by Crippen LogP contribution is 2.26. The van der Waals surface area contributed by atoms with Crippen molar-refractivity contribution in [1.82, 2.24) is 10.2 Å². The van der Waals surface area contributed by atoms with E-state index >= 15 is 0 Å². The molecule has 124 valence electrons. The van der Waals surface area contributed by atoms with Crippen molar-refractivity contribution in [3.05, 3.63) is 29.3 Å². The molecule has 0 spiro atoms. The van der Waals surface area contributed by atoms with Gasteiger partial charge in [0.05, 0.1) is 0 Å². The number of nitrogens with zero attached hydrogens (tertiary/aromatic N) is 2. The van der Waals surface area contributed by atoms with Crippen LogP contribution >= 0.6 is 23.1 Å². The summed E-state index contributed by atoms with van der Waals surface area (Å²) in [5, 5.41) is 11.3. The second kappa shape index (κ2) is 8.31. The summed E-state index contributed by atoms with van der Waals surface area (Å²) in [4.78, 5) is 12.4. The average Bonchev–Trinajstić information content (AvgIpc) is 2.96. The Balaban J connectivity index is 2.04. The topological polar surface area (TPSA) is 64.1 Å². The summed E-state index contributed by atoms with van der Waals surface area (Å²) in [5.41, 5.74) is 2.19. The summed E-state index contributed by atoms with van der Waals surface area (Å²) in [6.07, 6.45) is 0.0240. The van der Waals surface area contributed by atoms with E-state index in [2.05, 4.69) is 22.4 Å². The Hall–Kier alpha value is -1.60. The van der Waals surface area contributed by atoms with E-state index in [1.54, 1.807) is 11.8 Å². The highest BCUT2D eigenvalue weighted by molar-refractivity contribution is 8.01. The lowest BCUT2D eigenvalue weighted by molar-refractivity contribution is -0.122. The number of nitrogens with one attached hydrogen (secondary N) is 1. The molecule has 1 atom stereocenters. The van der Waals surface area contributed by atoms with Gasteiger partial charge in [0, 0.05) is 0 Å². The first-order chi connectivity index (χ1) is 11.0. The zero-order valence-corrected chi connectivity index (χ0v) is 15.4. The highest BCUT2D eigenvalue weighted by atomic mass is 32.2. The molecule has 0 saturated heterocycles. The van der Waals surface area contributed by atoms with Crippen molar-refractivity contribution in [2.45, 2.75) is 44.6 Å². The van der Waals surface area contributed by atoms with Crippen molar-refractivity contribution in [3.63, 3.8) is 0 Å². The third kappa shape index (κ3) is 4.68. The van der Waals surface area contributed by atoms with Crippen LogP contribution in [-0.4, -0.2) is 28.0 Å². The first-order valence-electron chi connectivity index (χ1n) is 7.55. The van der Waals surface area contributed by atoms with Gasteiger partial charge in [-0.1, -0.05) is 49.1 Å². The van der Waals surface area contributed by atoms with Crippen LogP contribution in [0.25, 0.3) is 0 Å². The number of ether oxygens (including phenoxy) is 1. The van der Waals surface area contributed by atoms with Crippen molar-refractivity contribution >= 4 is 34.1 Å². The van der Waals surface area contributed by atoms with Gasteiger partial charge in [0.2, 0.25) is 5.13 Å². The van der Waals surface area contributed by atoms with E-state index in [0.29, 0.717) is 11.6 Å². The molecular weight excluding hydrogens is 330 g/mol. The zero-order chi connectivity index (χ0) is 16.8. The number of carbonyl (C=O) groups excluding carboxylic acids is 1. The Morgan fingerprint density at radius 2 is 2.13 bits per heavy atom. The minimum atomic E-state index is -0.554. The largest absolute Gasteiger partial charge is 0.480 e. The summed E-state index contributed by atoms with van der Waals surface area (Å²) >= 11 is 2.98. The summed E-state index contributed by atoms with van der Waals surface area (Å²) in [6, 6.07) is 5.85. The molecular formula is C16H21N3O2S2. The summed E-state index contributed by atoms with van der Waals surface area (Å²) < 4.78 is 6.76. The summed E-state index contributed by atoms with van der Waals surface area (Å²) in [7, 11) is 0. The van der Waals surface area contributed by atoms with Crippen LogP contribution in [0.1, 0.15) is 31.4 Å². The first kappa shape index (κ1) is 17.7. The van der Waals surface area contributed by atoms with Gasteiger partial charge in [-0.15, -0.1) is 10.2 Å². The molecule has 1 N–H and O–H groups in total. The molecule has 1 aromatic heterocycles. The fourth-order valence-corrected chi connectivity index (χ4v) is 3.61. The molecule has 0 bridgehead atoms. The van der Waals surface area contributed by atoms with E-state index in [1.165, 1.54) is 11.3 Å². The Labute approximate surface area is 144 Å². The maximum absolute atomic E-state index is 12.4. The van der Waals surface area contributed by atoms with Gasteiger partial charge in [-0.05, 0) is 43.2 Å². The van der Waals surface area contributed by atoms with Crippen molar-refractivity contribution in [3.8, 4) is 5.75 Å². The zero-order valence-electron chi connectivity index (χ0n) is 13.8. The van der Waals surface area contributed by atoms with Crippen molar-refractivity contribution < 1.29 is 9.53 Å². The third-order valence-electron chi connectivity index (χ3n) is 3.39. The first-order valence-corrected chi connectivity index (χ1v) is 9.35. The second-order valence-corrected chi connectivity index (χ2v) is 7.50. The predicted octanol–water partition coefficient (Wildman–Crippen LogP) is 4.06. The van der Waals surface area contributed by atoms with Gasteiger partial charge in [-0.2, -0.15) is 0 Å².